The summed E-state index contributed by atoms with van der Waals surface area (Å²) in [4.78, 5) is 0. The zero-order valence-electron chi connectivity index (χ0n) is 6.83. The summed E-state index contributed by atoms with van der Waals surface area (Å²) in [5.74, 6) is 0.536. The molecule has 0 aromatic heterocycles. The van der Waals surface area contributed by atoms with Gasteiger partial charge in [0.05, 0.1) is 6.07 Å². The fraction of sp³-hybridized carbons (Fsp3) is 0.300. The summed E-state index contributed by atoms with van der Waals surface area (Å²) in [6.07, 6.45) is 7.61. The SMILES string of the molecule is CC1=CC(/C=C/C#N)=CC1C. The molecule has 11 heavy (non-hydrogen) atoms. The molecular formula is C10H11N. The minimum absolute atomic E-state index is 0.536. The molecule has 1 unspecified atom stereocenters. The molecule has 0 amide bonds. The molecule has 0 heterocycles. The van der Waals surface area contributed by atoms with Crippen LogP contribution in [0.5, 0.6) is 0 Å². The number of hydrogen-bond acceptors (Lipinski definition) is 1. The quantitative estimate of drug-likeness (QED) is 0.520. The zero-order chi connectivity index (χ0) is 8.27. The van der Waals surface area contributed by atoms with Gasteiger partial charge in [0.2, 0.25) is 0 Å². The van der Waals surface area contributed by atoms with Crippen molar-refractivity contribution in [2.45, 2.75) is 13.8 Å². The first kappa shape index (κ1) is 7.81. The first-order valence-corrected chi connectivity index (χ1v) is 3.70. The Kier molecular flexibility index (Phi) is 2.28. The van der Waals surface area contributed by atoms with E-state index in [9.17, 15) is 0 Å². The van der Waals surface area contributed by atoms with E-state index in [1.54, 1.807) is 0 Å². The van der Waals surface area contributed by atoms with Crippen molar-refractivity contribution >= 4 is 0 Å². The van der Waals surface area contributed by atoms with Crippen LogP contribution >= 0.6 is 0 Å². The van der Waals surface area contributed by atoms with Gasteiger partial charge in [0.15, 0.2) is 0 Å². The molecule has 0 saturated carbocycles. The molecule has 1 aliphatic rings. The number of allylic oxidation sites excluding steroid dienone is 6. The summed E-state index contributed by atoms with van der Waals surface area (Å²) >= 11 is 0. The highest BCUT2D eigenvalue weighted by Crippen LogP contribution is 2.23. The molecule has 0 aromatic rings. The van der Waals surface area contributed by atoms with Crippen molar-refractivity contribution in [1.82, 2.24) is 0 Å². The molecule has 0 aliphatic heterocycles. The van der Waals surface area contributed by atoms with E-state index in [1.807, 2.05) is 12.1 Å². The molecule has 0 N–H and O–H groups in total. The largest absolute Gasteiger partial charge is 0.193 e. The Morgan fingerprint density at radius 1 is 1.64 bits per heavy atom. The summed E-state index contributed by atoms with van der Waals surface area (Å²) in [7, 11) is 0. The van der Waals surface area contributed by atoms with Gasteiger partial charge in [-0.1, -0.05) is 24.6 Å². The monoisotopic (exact) mass is 145 g/mol. The average Bonchev–Trinajstić information content (AvgIpc) is 2.28. The molecular weight excluding hydrogens is 134 g/mol. The van der Waals surface area contributed by atoms with E-state index in [4.69, 9.17) is 5.26 Å². The van der Waals surface area contributed by atoms with E-state index in [-0.39, 0.29) is 0 Å². The molecule has 0 saturated heterocycles. The summed E-state index contributed by atoms with van der Waals surface area (Å²) < 4.78 is 0. The third kappa shape index (κ3) is 1.81. The number of rotatable bonds is 1. The van der Waals surface area contributed by atoms with Crippen molar-refractivity contribution in [3.63, 3.8) is 0 Å². The fourth-order valence-electron chi connectivity index (χ4n) is 1.10. The maximum Gasteiger partial charge on any atom is 0.0912 e. The van der Waals surface area contributed by atoms with Crippen LogP contribution in [0.3, 0.4) is 0 Å². The van der Waals surface area contributed by atoms with Crippen LogP contribution in [0.4, 0.5) is 0 Å². The standard InChI is InChI=1S/C10H11N/c1-8-6-10(4-3-5-11)7-9(8)2/h3-4,6-8H,1-2H3/b4-3+. The van der Waals surface area contributed by atoms with Crippen molar-refractivity contribution in [3.8, 4) is 6.07 Å². The van der Waals surface area contributed by atoms with E-state index in [1.165, 1.54) is 11.6 Å². The highest BCUT2D eigenvalue weighted by molar-refractivity contribution is 5.42. The lowest BCUT2D eigenvalue weighted by molar-refractivity contribution is 0.881. The van der Waals surface area contributed by atoms with Gasteiger partial charge in [0, 0.05) is 6.08 Å². The maximum absolute atomic E-state index is 8.27. The van der Waals surface area contributed by atoms with Crippen molar-refractivity contribution in [2.24, 2.45) is 5.92 Å². The Labute approximate surface area is 67.3 Å². The van der Waals surface area contributed by atoms with Crippen LogP contribution in [0.1, 0.15) is 13.8 Å². The van der Waals surface area contributed by atoms with Crippen LogP contribution in [0.25, 0.3) is 0 Å². The Balaban J connectivity index is 2.73. The fourth-order valence-corrected chi connectivity index (χ4v) is 1.10. The van der Waals surface area contributed by atoms with Gasteiger partial charge in [-0.3, -0.25) is 0 Å². The van der Waals surface area contributed by atoms with E-state index in [0.29, 0.717) is 5.92 Å². The third-order valence-electron chi connectivity index (χ3n) is 1.91. The van der Waals surface area contributed by atoms with Crippen LogP contribution in [0, 0.1) is 17.2 Å². The Morgan fingerprint density at radius 3 is 2.82 bits per heavy atom. The lowest BCUT2D eigenvalue weighted by Gasteiger charge is -1.96. The van der Waals surface area contributed by atoms with Gasteiger partial charge in [0.25, 0.3) is 0 Å². The lowest BCUT2D eigenvalue weighted by atomic mass is 10.1. The van der Waals surface area contributed by atoms with Crippen molar-refractivity contribution in [1.29, 1.82) is 5.26 Å². The second-order valence-corrected chi connectivity index (χ2v) is 2.81. The minimum atomic E-state index is 0.536. The predicted octanol–water partition coefficient (Wildman–Crippen LogP) is 2.59. The topological polar surface area (TPSA) is 23.8 Å². The van der Waals surface area contributed by atoms with E-state index in [2.05, 4.69) is 26.0 Å². The average molecular weight is 145 g/mol. The first-order valence-electron chi connectivity index (χ1n) is 3.70. The Bertz CT molecular complexity index is 274. The second kappa shape index (κ2) is 3.21. The lowest BCUT2D eigenvalue weighted by Crippen LogP contribution is -1.83. The minimum Gasteiger partial charge on any atom is -0.193 e. The molecule has 1 heteroatoms. The molecule has 0 radical (unpaired) electrons. The second-order valence-electron chi connectivity index (χ2n) is 2.81. The zero-order valence-corrected chi connectivity index (χ0v) is 6.83. The maximum atomic E-state index is 8.27. The van der Waals surface area contributed by atoms with Gasteiger partial charge in [0.1, 0.15) is 0 Å². The smallest absolute Gasteiger partial charge is 0.0912 e. The molecule has 0 bridgehead atoms. The third-order valence-corrected chi connectivity index (χ3v) is 1.91. The molecule has 1 aliphatic carbocycles. The number of nitrogens with zero attached hydrogens (tertiary/aromatic N) is 1. The molecule has 0 fully saturated rings. The molecule has 1 atom stereocenters. The van der Waals surface area contributed by atoms with Crippen molar-refractivity contribution in [3.05, 3.63) is 35.5 Å². The molecule has 56 valence electrons. The van der Waals surface area contributed by atoms with Crippen LogP contribution in [0.15, 0.2) is 35.5 Å². The number of hydrogen-bond donors (Lipinski definition) is 0. The van der Waals surface area contributed by atoms with Gasteiger partial charge < -0.3 is 0 Å². The van der Waals surface area contributed by atoms with E-state index in [0.717, 1.165) is 5.57 Å². The van der Waals surface area contributed by atoms with Gasteiger partial charge in [-0.05, 0) is 24.5 Å². The van der Waals surface area contributed by atoms with Crippen LogP contribution in [0.2, 0.25) is 0 Å². The first-order chi connectivity index (χ1) is 5.24. The molecule has 1 rings (SSSR count). The molecule has 1 nitrogen and oxygen atoms in total. The van der Waals surface area contributed by atoms with E-state index < -0.39 is 0 Å². The summed E-state index contributed by atoms with van der Waals surface area (Å²) in [5.41, 5.74) is 2.51. The normalized spacial score (nSPS) is 23.2. The molecule has 0 spiro atoms. The summed E-state index contributed by atoms with van der Waals surface area (Å²) in [5, 5.41) is 8.27. The summed E-state index contributed by atoms with van der Waals surface area (Å²) in [6, 6.07) is 1.97. The van der Waals surface area contributed by atoms with Crippen molar-refractivity contribution in [2.75, 3.05) is 0 Å². The van der Waals surface area contributed by atoms with Crippen LogP contribution in [-0.4, -0.2) is 0 Å². The summed E-state index contributed by atoms with van der Waals surface area (Å²) in [6.45, 7) is 4.26. The molecule has 0 aromatic carbocycles. The Hall–Kier alpha value is -1.29. The van der Waals surface area contributed by atoms with Gasteiger partial charge >= 0.3 is 0 Å². The van der Waals surface area contributed by atoms with Crippen LogP contribution in [-0.2, 0) is 0 Å². The van der Waals surface area contributed by atoms with E-state index >= 15 is 0 Å². The number of nitriles is 1. The van der Waals surface area contributed by atoms with Gasteiger partial charge in [-0.25, -0.2) is 0 Å². The highest BCUT2D eigenvalue weighted by atomic mass is 14.2. The van der Waals surface area contributed by atoms with Gasteiger partial charge in [-0.15, -0.1) is 0 Å². The Morgan fingerprint density at radius 2 is 2.36 bits per heavy atom. The van der Waals surface area contributed by atoms with Crippen molar-refractivity contribution < 1.29 is 0 Å². The highest BCUT2D eigenvalue weighted by Gasteiger charge is 2.07. The van der Waals surface area contributed by atoms with Crippen LogP contribution < -0.4 is 0 Å². The van der Waals surface area contributed by atoms with Gasteiger partial charge in [-0.2, -0.15) is 5.26 Å². The predicted molar refractivity (Wildman–Crippen MR) is 45.8 cm³/mol.